The normalized spacial score (nSPS) is 12.6. The van der Waals surface area contributed by atoms with E-state index in [2.05, 4.69) is 18.0 Å². The number of sulfone groups is 1. The lowest BCUT2D eigenvalue weighted by Gasteiger charge is -2.06. The van der Waals surface area contributed by atoms with Gasteiger partial charge in [-0.3, -0.25) is 4.79 Å². The Labute approximate surface area is 162 Å². The quantitative estimate of drug-likeness (QED) is 0.651. The molecule has 0 atom stereocenters. The average Bonchev–Trinajstić information content (AvgIpc) is 3.04. The van der Waals surface area contributed by atoms with Crippen LogP contribution in [0.5, 0.6) is 0 Å². The molecule has 27 heavy (non-hydrogen) atoms. The molecule has 0 N–H and O–H groups in total. The molecule has 0 saturated carbocycles. The van der Waals surface area contributed by atoms with E-state index >= 15 is 0 Å². The van der Waals surface area contributed by atoms with Crippen LogP contribution in [0.3, 0.4) is 0 Å². The van der Waals surface area contributed by atoms with Gasteiger partial charge < -0.3 is 4.57 Å². The maximum atomic E-state index is 12.9. The van der Waals surface area contributed by atoms with E-state index in [4.69, 9.17) is 0 Å². The van der Waals surface area contributed by atoms with E-state index in [1.54, 1.807) is 19.1 Å². The van der Waals surface area contributed by atoms with Crippen LogP contribution in [0.2, 0.25) is 0 Å². The Balaban J connectivity index is 2.21. The van der Waals surface area contributed by atoms with E-state index in [0.717, 1.165) is 16.6 Å². The van der Waals surface area contributed by atoms with Gasteiger partial charge in [0.25, 0.3) is 5.91 Å². The molecule has 0 aliphatic heterocycles. The van der Waals surface area contributed by atoms with Crippen molar-refractivity contribution in [3.63, 3.8) is 0 Å². The number of carbonyl (C=O) groups is 1. The van der Waals surface area contributed by atoms with Gasteiger partial charge in [0, 0.05) is 6.54 Å². The summed E-state index contributed by atoms with van der Waals surface area (Å²) in [6.45, 7) is 6.35. The Morgan fingerprint density at radius 3 is 2.48 bits per heavy atom. The number of thiazole rings is 1. The minimum Gasteiger partial charge on any atom is -0.316 e. The van der Waals surface area contributed by atoms with Crippen LogP contribution in [-0.2, 0) is 22.8 Å². The summed E-state index contributed by atoms with van der Waals surface area (Å²) in [5.74, 6) is -0.593. The van der Waals surface area contributed by atoms with Crippen molar-refractivity contribution >= 4 is 37.3 Å². The number of carbonyl (C=O) groups excluding carboxylic acids is 1. The Morgan fingerprint density at radius 1 is 1.07 bits per heavy atom. The number of hydrogen-bond acceptors (Lipinski definition) is 4. The molecule has 0 aliphatic rings. The van der Waals surface area contributed by atoms with Gasteiger partial charge in [-0.1, -0.05) is 49.4 Å². The van der Waals surface area contributed by atoms with Crippen LogP contribution in [0.15, 0.2) is 52.4 Å². The second kappa shape index (κ2) is 7.78. The van der Waals surface area contributed by atoms with Gasteiger partial charge in [-0.25, -0.2) is 8.42 Å². The largest absolute Gasteiger partial charge is 0.316 e. The minimum atomic E-state index is -3.50. The van der Waals surface area contributed by atoms with E-state index in [1.165, 1.54) is 29.0 Å². The summed E-state index contributed by atoms with van der Waals surface area (Å²) in [5.41, 5.74) is 2.41. The number of amides is 1. The number of nitrogens with zero attached hydrogens (tertiary/aromatic N) is 2. The summed E-state index contributed by atoms with van der Waals surface area (Å²) in [6.07, 6.45) is 0.888. The van der Waals surface area contributed by atoms with Crippen LogP contribution in [0.1, 0.15) is 36.7 Å². The van der Waals surface area contributed by atoms with Crippen molar-refractivity contribution in [1.82, 2.24) is 4.57 Å². The van der Waals surface area contributed by atoms with Gasteiger partial charge >= 0.3 is 0 Å². The molecule has 142 valence electrons. The SMILES string of the molecule is CCc1cccc2sc(=NC(=O)c3ccccc3S(=O)(=O)CC)n(CC)c12. The predicted molar refractivity (Wildman–Crippen MR) is 109 cm³/mol. The standard InChI is InChI=1S/C20H22N2O3S2/c1-4-14-10-9-12-16-18(14)22(5-2)20(26-16)21-19(23)15-11-7-8-13-17(15)27(24,25)6-3/h7-13H,4-6H2,1-3H3. The number of aryl methyl sites for hydroxylation is 2. The highest BCUT2D eigenvalue weighted by Crippen LogP contribution is 2.23. The molecule has 3 rings (SSSR count). The molecule has 1 heterocycles. The molecule has 1 amide bonds. The summed E-state index contributed by atoms with van der Waals surface area (Å²) in [6, 6.07) is 12.4. The average molecular weight is 403 g/mol. The zero-order valence-electron chi connectivity index (χ0n) is 15.6. The van der Waals surface area contributed by atoms with Crippen molar-refractivity contribution < 1.29 is 13.2 Å². The lowest BCUT2D eigenvalue weighted by Crippen LogP contribution is -2.18. The minimum absolute atomic E-state index is 0.0413. The van der Waals surface area contributed by atoms with E-state index in [1.807, 2.05) is 23.6 Å². The fourth-order valence-corrected chi connectivity index (χ4v) is 5.31. The van der Waals surface area contributed by atoms with Gasteiger partial charge in [-0.05, 0) is 37.1 Å². The molecule has 3 aromatic rings. The van der Waals surface area contributed by atoms with Crippen molar-refractivity contribution in [2.24, 2.45) is 4.99 Å². The third-order valence-electron chi connectivity index (χ3n) is 4.51. The van der Waals surface area contributed by atoms with Gasteiger partial charge in [0.1, 0.15) is 0 Å². The molecule has 7 heteroatoms. The summed E-state index contributed by atoms with van der Waals surface area (Å²) in [4.78, 5) is 17.8. The Hall–Kier alpha value is -2.25. The molecule has 0 spiro atoms. The van der Waals surface area contributed by atoms with E-state index in [9.17, 15) is 13.2 Å². The lowest BCUT2D eigenvalue weighted by molar-refractivity contribution is 0.0994. The van der Waals surface area contributed by atoms with Crippen molar-refractivity contribution in [2.45, 2.75) is 38.6 Å². The zero-order chi connectivity index (χ0) is 19.6. The molecule has 0 bridgehead atoms. The molecular formula is C20H22N2O3S2. The van der Waals surface area contributed by atoms with Crippen LogP contribution >= 0.6 is 11.3 Å². The fourth-order valence-electron chi connectivity index (χ4n) is 3.08. The van der Waals surface area contributed by atoms with Crippen LogP contribution in [-0.4, -0.2) is 24.6 Å². The molecule has 0 fully saturated rings. The van der Waals surface area contributed by atoms with E-state index < -0.39 is 15.7 Å². The topological polar surface area (TPSA) is 68.5 Å². The van der Waals surface area contributed by atoms with Gasteiger partial charge in [0.05, 0.1) is 26.4 Å². The maximum Gasteiger partial charge on any atom is 0.280 e. The van der Waals surface area contributed by atoms with Crippen LogP contribution in [0.4, 0.5) is 0 Å². The fraction of sp³-hybridized carbons (Fsp3) is 0.300. The van der Waals surface area contributed by atoms with Crippen molar-refractivity contribution in [2.75, 3.05) is 5.75 Å². The number of benzene rings is 2. The third kappa shape index (κ3) is 3.61. The van der Waals surface area contributed by atoms with Crippen LogP contribution in [0.25, 0.3) is 10.2 Å². The summed E-state index contributed by atoms with van der Waals surface area (Å²) >= 11 is 1.45. The molecule has 0 radical (unpaired) electrons. The Morgan fingerprint density at radius 2 is 1.81 bits per heavy atom. The highest BCUT2D eigenvalue weighted by Gasteiger charge is 2.20. The summed E-state index contributed by atoms with van der Waals surface area (Å²) in [7, 11) is -3.50. The third-order valence-corrected chi connectivity index (χ3v) is 7.34. The highest BCUT2D eigenvalue weighted by atomic mass is 32.2. The second-order valence-electron chi connectivity index (χ2n) is 6.06. The number of fused-ring (bicyclic) bond motifs is 1. The van der Waals surface area contributed by atoms with Gasteiger partial charge in [0.2, 0.25) is 0 Å². The first kappa shape index (κ1) is 19.5. The predicted octanol–water partition coefficient (Wildman–Crippen LogP) is 3.82. The lowest BCUT2D eigenvalue weighted by atomic mass is 10.1. The number of para-hydroxylation sites is 1. The van der Waals surface area contributed by atoms with Gasteiger partial charge in [-0.2, -0.15) is 4.99 Å². The molecule has 5 nitrogen and oxygen atoms in total. The summed E-state index contributed by atoms with van der Waals surface area (Å²) in [5, 5.41) is 0. The van der Waals surface area contributed by atoms with E-state index in [0.29, 0.717) is 11.3 Å². The Bertz CT molecular complexity index is 1170. The van der Waals surface area contributed by atoms with E-state index in [-0.39, 0.29) is 16.2 Å². The number of aromatic nitrogens is 1. The number of rotatable bonds is 5. The molecular weight excluding hydrogens is 380 g/mol. The first-order chi connectivity index (χ1) is 12.9. The highest BCUT2D eigenvalue weighted by molar-refractivity contribution is 7.91. The van der Waals surface area contributed by atoms with Crippen LogP contribution in [0, 0.1) is 0 Å². The smallest absolute Gasteiger partial charge is 0.280 e. The second-order valence-corrected chi connectivity index (χ2v) is 9.32. The molecule has 0 unspecified atom stereocenters. The van der Waals surface area contributed by atoms with Crippen molar-refractivity contribution in [3.8, 4) is 0 Å². The van der Waals surface area contributed by atoms with Gasteiger partial charge in [0.15, 0.2) is 14.6 Å². The monoisotopic (exact) mass is 402 g/mol. The molecule has 0 aliphatic carbocycles. The first-order valence-electron chi connectivity index (χ1n) is 8.95. The number of hydrogen-bond donors (Lipinski definition) is 0. The van der Waals surface area contributed by atoms with Crippen LogP contribution < -0.4 is 4.80 Å². The van der Waals surface area contributed by atoms with Gasteiger partial charge in [-0.15, -0.1) is 0 Å². The maximum absolute atomic E-state index is 12.9. The molecule has 0 saturated heterocycles. The van der Waals surface area contributed by atoms with Crippen molar-refractivity contribution in [1.29, 1.82) is 0 Å². The van der Waals surface area contributed by atoms with Crippen molar-refractivity contribution in [3.05, 3.63) is 58.4 Å². The Kier molecular flexibility index (Phi) is 5.62. The zero-order valence-corrected chi connectivity index (χ0v) is 17.2. The molecule has 2 aromatic carbocycles. The molecule has 1 aromatic heterocycles. The summed E-state index contributed by atoms with van der Waals surface area (Å²) < 4.78 is 27.7. The first-order valence-corrected chi connectivity index (χ1v) is 11.4.